The molecule has 2 aromatic rings. The molecule has 19 heavy (non-hydrogen) atoms. The highest BCUT2D eigenvalue weighted by Crippen LogP contribution is 2.25. The van der Waals surface area contributed by atoms with Gasteiger partial charge in [-0.25, -0.2) is 4.98 Å². The molecule has 1 aromatic heterocycles. The highest BCUT2D eigenvalue weighted by atomic mass is 35.5. The molecular formula is C15H21ClN2S. The third-order valence-electron chi connectivity index (χ3n) is 2.81. The maximum Gasteiger partial charge on any atom is 0.110 e. The van der Waals surface area contributed by atoms with Gasteiger partial charge in [-0.15, -0.1) is 23.7 Å². The van der Waals surface area contributed by atoms with Crippen LogP contribution < -0.4 is 5.73 Å². The van der Waals surface area contributed by atoms with Crippen molar-refractivity contribution in [1.29, 1.82) is 0 Å². The van der Waals surface area contributed by atoms with Crippen molar-refractivity contribution < 1.29 is 0 Å². The van der Waals surface area contributed by atoms with Crippen molar-refractivity contribution in [2.24, 2.45) is 11.7 Å². The number of aromatic nitrogens is 1. The normalized spacial score (nSPS) is 12.3. The first kappa shape index (κ1) is 16.2. The van der Waals surface area contributed by atoms with Crippen molar-refractivity contribution in [2.45, 2.75) is 33.2 Å². The lowest BCUT2D eigenvalue weighted by molar-refractivity contribution is 0.647. The number of thiazole rings is 1. The van der Waals surface area contributed by atoms with Crippen LogP contribution in [0.3, 0.4) is 0 Å². The molecule has 2 N–H and O–H groups in total. The predicted molar refractivity (Wildman–Crippen MR) is 85.9 cm³/mol. The molecule has 0 aliphatic rings. The summed E-state index contributed by atoms with van der Waals surface area (Å²) in [6, 6.07) is 8.71. The zero-order chi connectivity index (χ0) is 13.1. The summed E-state index contributed by atoms with van der Waals surface area (Å²) >= 11 is 1.63. The number of hydrogen-bond acceptors (Lipinski definition) is 3. The molecule has 0 aliphatic heterocycles. The van der Waals surface area contributed by atoms with E-state index in [-0.39, 0.29) is 18.4 Å². The summed E-state index contributed by atoms with van der Waals surface area (Å²) in [4.78, 5) is 4.56. The highest BCUT2D eigenvalue weighted by Gasteiger charge is 2.07. The van der Waals surface area contributed by atoms with Gasteiger partial charge in [-0.3, -0.25) is 0 Å². The van der Waals surface area contributed by atoms with E-state index in [0.29, 0.717) is 5.92 Å². The van der Waals surface area contributed by atoms with Crippen LogP contribution in [0.1, 0.15) is 37.4 Å². The molecule has 0 fully saturated rings. The minimum absolute atomic E-state index is 0. The van der Waals surface area contributed by atoms with E-state index in [0.717, 1.165) is 17.1 Å². The molecule has 0 amide bonds. The van der Waals surface area contributed by atoms with E-state index < -0.39 is 0 Å². The second-order valence-corrected chi connectivity index (χ2v) is 6.04. The van der Waals surface area contributed by atoms with E-state index in [1.807, 2.05) is 6.92 Å². The van der Waals surface area contributed by atoms with Crippen molar-refractivity contribution in [1.82, 2.24) is 4.98 Å². The maximum atomic E-state index is 5.83. The number of nitrogens with zero attached hydrogens (tertiary/aromatic N) is 1. The van der Waals surface area contributed by atoms with E-state index in [4.69, 9.17) is 5.73 Å². The van der Waals surface area contributed by atoms with Crippen LogP contribution >= 0.6 is 23.7 Å². The number of hydrogen-bond donors (Lipinski definition) is 1. The lowest BCUT2D eigenvalue weighted by atomic mass is 10.0. The van der Waals surface area contributed by atoms with Gasteiger partial charge in [-0.2, -0.15) is 0 Å². The molecule has 1 aromatic carbocycles. The van der Waals surface area contributed by atoms with E-state index >= 15 is 0 Å². The standard InChI is InChI=1S/C15H20N2S.ClH/c1-10(2)8-12-4-6-13(7-5-12)14-9-18-15(17-14)11(3)16;/h4-7,9-11H,8,16H2,1-3H3;1H. The fourth-order valence-electron chi connectivity index (χ4n) is 1.91. The van der Waals surface area contributed by atoms with Gasteiger partial charge in [0.25, 0.3) is 0 Å². The van der Waals surface area contributed by atoms with Crippen LogP contribution in [0.2, 0.25) is 0 Å². The summed E-state index contributed by atoms with van der Waals surface area (Å²) in [6.45, 7) is 6.45. The van der Waals surface area contributed by atoms with E-state index in [2.05, 4.69) is 48.5 Å². The molecule has 1 unspecified atom stereocenters. The quantitative estimate of drug-likeness (QED) is 0.905. The smallest absolute Gasteiger partial charge is 0.110 e. The predicted octanol–water partition coefficient (Wildman–Crippen LogP) is 4.45. The summed E-state index contributed by atoms with van der Waals surface area (Å²) in [7, 11) is 0. The van der Waals surface area contributed by atoms with Crippen LogP contribution in [0.25, 0.3) is 11.3 Å². The number of nitrogens with two attached hydrogens (primary N) is 1. The zero-order valence-corrected chi connectivity index (χ0v) is 13.2. The van der Waals surface area contributed by atoms with Crippen LogP contribution in [0, 0.1) is 5.92 Å². The number of rotatable bonds is 4. The van der Waals surface area contributed by atoms with Gasteiger partial charge in [0.15, 0.2) is 0 Å². The average molecular weight is 297 g/mol. The average Bonchev–Trinajstić information content (AvgIpc) is 2.78. The Hall–Kier alpha value is -0.900. The summed E-state index contributed by atoms with van der Waals surface area (Å²) in [5, 5.41) is 3.08. The molecule has 1 atom stereocenters. The minimum atomic E-state index is 0. The largest absolute Gasteiger partial charge is 0.322 e. The summed E-state index contributed by atoms with van der Waals surface area (Å²) < 4.78 is 0. The second kappa shape index (κ2) is 7.04. The van der Waals surface area contributed by atoms with Gasteiger partial charge in [0.05, 0.1) is 11.7 Å². The van der Waals surface area contributed by atoms with Crippen molar-refractivity contribution in [2.75, 3.05) is 0 Å². The van der Waals surface area contributed by atoms with Gasteiger partial charge in [-0.1, -0.05) is 38.1 Å². The lowest BCUT2D eigenvalue weighted by Gasteiger charge is -2.05. The maximum absolute atomic E-state index is 5.83. The Morgan fingerprint density at radius 3 is 2.26 bits per heavy atom. The van der Waals surface area contributed by atoms with Crippen LogP contribution in [0.5, 0.6) is 0 Å². The lowest BCUT2D eigenvalue weighted by Crippen LogP contribution is -2.03. The van der Waals surface area contributed by atoms with Gasteiger partial charge in [0.2, 0.25) is 0 Å². The Bertz CT molecular complexity index is 503. The monoisotopic (exact) mass is 296 g/mol. The Balaban J connectivity index is 0.00000180. The highest BCUT2D eigenvalue weighted by molar-refractivity contribution is 7.10. The van der Waals surface area contributed by atoms with Crippen LogP contribution in [0.15, 0.2) is 29.6 Å². The van der Waals surface area contributed by atoms with Crippen molar-refractivity contribution in [3.8, 4) is 11.3 Å². The van der Waals surface area contributed by atoms with Gasteiger partial charge >= 0.3 is 0 Å². The molecule has 0 saturated heterocycles. The topological polar surface area (TPSA) is 38.9 Å². The van der Waals surface area contributed by atoms with Gasteiger partial charge in [0.1, 0.15) is 5.01 Å². The van der Waals surface area contributed by atoms with Gasteiger partial charge in [0, 0.05) is 10.9 Å². The van der Waals surface area contributed by atoms with Crippen molar-refractivity contribution in [3.63, 3.8) is 0 Å². The first-order valence-corrected chi connectivity index (χ1v) is 7.24. The molecule has 0 spiro atoms. The number of benzene rings is 1. The molecule has 1 heterocycles. The van der Waals surface area contributed by atoms with E-state index in [1.165, 1.54) is 11.1 Å². The van der Waals surface area contributed by atoms with Crippen LogP contribution in [-0.2, 0) is 6.42 Å². The molecule has 104 valence electrons. The third-order valence-corrected chi connectivity index (χ3v) is 3.85. The Kier molecular flexibility index (Phi) is 5.98. The van der Waals surface area contributed by atoms with Crippen molar-refractivity contribution in [3.05, 3.63) is 40.2 Å². The van der Waals surface area contributed by atoms with E-state index in [9.17, 15) is 0 Å². The molecule has 0 radical (unpaired) electrons. The second-order valence-electron chi connectivity index (χ2n) is 5.15. The van der Waals surface area contributed by atoms with Gasteiger partial charge < -0.3 is 5.73 Å². The summed E-state index contributed by atoms with van der Waals surface area (Å²) in [6.07, 6.45) is 1.13. The van der Waals surface area contributed by atoms with Crippen LogP contribution in [-0.4, -0.2) is 4.98 Å². The molecule has 2 rings (SSSR count). The zero-order valence-electron chi connectivity index (χ0n) is 11.6. The Labute approximate surface area is 125 Å². The molecule has 0 aliphatic carbocycles. The minimum Gasteiger partial charge on any atom is -0.322 e. The van der Waals surface area contributed by atoms with Gasteiger partial charge in [-0.05, 0) is 24.8 Å². The summed E-state index contributed by atoms with van der Waals surface area (Å²) in [5.74, 6) is 0.694. The third kappa shape index (κ3) is 4.30. The Morgan fingerprint density at radius 2 is 1.79 bits per heavy atom. The molecule has 2 nitrogen and oxygen atoms in total. The first-order valence-electron chi connectivity index (χ1n) is 6.36. The SMILES string of the molecule is CC(C)Cc1ccc(-c2csc(C(C)N)n2)cc1.Cl. The fraction of sp³-hybridized carbons (Fsp3) is 0.400. The fourth-order valence-corrected chi connectivity index (χ4v) is 2.70. The molecular weight excluding hydrogens is 276 g/mol. The summed E-state index contributed by atoms with van der Waals surface area (Å²) in [5.41, 5.74) is 9.42. The molecule has 0 saturated carbocycles. The van der Waals surface area contributed by atoms with E-state index in [1.54, 1.807) is 11.3 Å². The van der Waals surface area contributed by atoms with Crippen molar-refractivity contribution >= 4 is 23.7 Å². The molecule has 0 bridgehead atoms. The molecule has 4 heteroatoms. The first-order chi connectivity index (χ1) is 8.56. The Morgan fingerprint density at radius 1 is 1.16 bits per heavy atom. The van der Waals surface area contributed by atoms with Crippen LogP contribution in [0.4, 0.5) is 0 Å². The number of halogens is 1.